The third kappa shape index (κ3) is 6.57. The Labute approximate surface area is 115 Å². The highest BCUT2D eigenvalue weighted by Gasteiger charge is 2.07. The minimum absolute atomic E-state index is 0.0961. The van der Waals surface area contributed by atoms with Gasteiger partial charge in [-0.3, -0.25) is 0 Å². The molecule has 4 nitrogen and oxygen atoms in total. The molecule has 19 heavy (non-hydrogen) atoms. The molecule has 0 aliphatic heterocycles. The largest absolute Gasteiger partial charge is 0.491 e. The predicted molar refractivity (Wildman–Crippen MR) is 76.4 cm³/mol. The number of para-hydroxylation sites is 1. The van der Waals surface area contributed by atoms with Gasteiger partial charge in [0.15, 0.2) is 0 Å². The first-order chi connectivity index (χ1) is 9.13. The van der Waals surface area contributed by atoms with Crippen LogP contribution in [-0.2, 0) is 6.42 Å². The normalized spacial score (nSPS) is 12.7. The van der Waals surface area contributed by atoms with Crippen molar-refractivity contribution in [1.29, 1.82) is 0 Å². The van der Waals surface area contributed by atoms with Crippen molar-refractivity contribution in [3.8, 4) is 5.75 Å². The van der Waals surface area contributed by atoms with Crippen LogP contribution in [-0.4, -0.2) is 42.6 Å². The molecule has 0 spiro atoms. The third-order valence-corrected chi connectivity index (χ3v) is 2.72. The van der Waals surface area contributed by atoms with Crippen LogP contribution in [0.3, 0.4) is 0 Å². The molecule has 0 radical (unpaired) electrons. The van der Waals surface area contributed by atoms with Crippen LogP contribution in [0.1, 0.15) is 19.4 Å². The van der Waals surface area contributed by atoms with E-state index in [4.69, 9.17) is 9.84 Å². The summed E-state index contributed by atoms with van der Waals surface area (Å²) in [4.78, 5) is 0. The van der Waals surface area contributed by atoms with Crippen LogP contribution in [0.15, 0.2) is 24.3 Å². The van der Waals surface area contributed by atoms with Crippen molar-refractivity contribution in [2.45, 2.75) is 26.4 Å². The number of hydrogen-bond acceptors (Lipinski definition) is 4. The van der Waals surface area contributed by atoms with E-state index in [0.717, 1.165) is 17.9 Å². The van der Waals surface area contributed by atoms with Gasteiger partial charge in [0.05, 0.1) is 0 Å². The van der Waals surface area contributed by atoms with E-state index < -0.39 is 6.10 Å². The van der Waals surface area contributed by atoms with Crippen LogP contribution in [0.2, 0.25) is 0 Å². The van der Waals surface area contributed by atoms with Gasteiger partial charge >= 0.3 is 0 Å². The van der Waals surface area contributed by atoms with Gasteiger partial charge in [0.1, 0.15) is 18.5 Å². The number of hydrogen-bond donors (Lipinski definition) is 3. The lowest BCUT2D eigenvalue weighted by Gasteiger charge is -2.16. The van der Waals surface area contributed by atoms with Crippen LogP contribution in [0.4, 0.5) is 0 Å². The SMILES string of the molecule is CC(C)CNCC(O)COc1ccccc1CCO. The average Bonchev–Trinajstić information content (AvgIpc) is 2.37. The Bertz CT molecular complexity index is 355. The van der Waals surface area contributed by atoms with Crippen molar-refractivity contribution >= 4 is 0 Å². The molecular formula is C15H25NO3. The van der Waals surface area contributed by atoms with Gasteiger partial charge < -0.3 is 20.3 Å². The van der Waals surface area contributed by atoms with Crippen LogP contribution >= 0.6 is 0 Å². The van der Waals surface area contributed by atoms with Crippen LogP contribution in [0, 0.1) is 5.92 Å². The second-order valence-electron chi connectivity index (χ2n) is 5.10. The van der Waals surface area contributed by atoms with E-state index in [1.54, 1.807) is 0 Å². The smallest absolute Gasteiger partial charge is 0.122 e. The van der Waals surface area contributed by atoms with Gasteiger partial charge in [-0.05, 0) is 30.5 Å². The molecule has 0 aromatic heterocycles. The Morgan fingerprint density at radius 2 is 1.95 bits per heavy atom. The molecule has 1 unspecified atom stereocenters. The standard InChI is InChI=1S/C15H25NO3/c1-12(2)9-16-10-14(18)11-19-15-6-4-3-5-13(15)7-8-17/h3-6,12,14,16-18H,7-11H2,1-2H3. The van der Waals surface area contributed by atoms with Crippen molar-refractivity contribution in [1.82, 2.24) is 5.32 Å². The highest BCUT2D eigenvalue weighted by Crippen LogP contribution is 2.18. The molecule has 1 rings (SSSR count). The summed E-state index contributed by atoms with van der Waals surface area (Å²) in [6, 6.07) is 7.59. The van der Waals surface area contributed by atoms with Crippen molar-refractivity contribution in [3.63, 3.8) is 0 Å². The summed E-state index contributed by atoms with van der Waals surface area (Å²) < 4.78 is 5.61. The molecule has 0 amide bonds. The molecule has 1 atom stereocenters. The first-order valence-corrected chi connectivity index (χ1v) is 6.83. The fraction of sp³-hybridized carbons (Fsp3) is 0.600. The highest BCUT2D eigenvalue weighted by atomic mass is 16.5. The summed E-state index contributed by atoms with van der Waals surface area (Å²) in [6.45, 7) is 6.02. The summed E-state index contributed by atoms with van der Waals surface area (Å²) in [5, 5.41) is 22.0. The molecule has 1 aromatic rings. The third-order valence-electron chi connectivity index (χ3n) is 2.72. The molecular weight excluding hydrogens is 242 g/mol. The molecule has 0 saturated heterocycles. The number of nitrogens with one attached hydrogen (secondary N) is 1. The van der Waals surface area contributed by atoms with E-state index in [0.29, 0.717) is 18.9 Å². The Morgan fingerprint density at radius 3 is 2.63 bits per heavy atom. The van der Waals surface area contributed by atoms with E-state index in [9.17, 15) is 5.11 Å². The zero-order valence-corrected chi connectivity index (χ0v) is 11.8. The van der Waals surface area contributed by atoms with E-state index in [2.05, 4.69) is 19.2 Å². The molecule has 0 bridgehead atoms. The molecule has 1 aromatic carbocycles. The van der Waals surface area contributed by atoms with E-state index >= 15 is 0 Å². The highest BCUT2D eigenvalue weighted by molar-refractivity contribution is 5.33. The van der Waals surface area contributed by atoms with Gasteiger partial charge in [0.2, 0.25) is 0 Å². The summed E-state index contributed by atoms with van der Waals surface area (Å²) in [5.41, 5.74) is 0.965. The Morgan fingerprint density at radius 1 is 1.21 bits per heavy atom. The quantitative estimate of drug-likeness (QED) is 0.629. The van der Waals surface area contributed by atoms with Gasteiger partial charge in [-0.2, -0.15) is 0 Å². The van der Waals surface area contributed by atoms with Crippen molar-refractivity contribution in [2.24, 2.45) is 5.92 Å². The van der Waals surface area contributed by atoms with Gasteiger partial charge in [-0.25, -0.2) is 0 Å². The monoisotopic (exact) mass is 267 g/mol. The maximum absolute atomic E-state index is 9.81. The molecule has 0 aliphatic carbocycles. The average molecular weight is 267 g/mol. The molecule has 108 valence electrons. The lowest BCUT2D eigenvalue weighted by Crippen LogP contribution is -2.33. The minimum Gasteiger partial charge on any atom is -0.491 e. The first-order valence-electron chi connectivity index (χ1n) is 6.83. The fourth-order valence-corrected chi connectivity index (χ4v) is 1.76. The number of rotatable bonds is 9. The van der Waals surface area contributed by atoms with Gasteiger partial charge in [-0.15, -0.1) is 0 Å². The molecule has 0 fully saturated rings. The van der Waals surface area contributed by atoms with Gasteiger partial charge in [0.25, 0.3) is 0 Å². The summed E-state index contributed by atoms with van der Waals surface area (Å²) in [7, 11) is 0. The predicted octanol–water partition coefficient (Wildman–Crippen LogP) is 1.21. The second-order valence-corrected chi connectivity index (χ2v) is 5.10. The zero-order valence-electron chi connectivity index (χ0n) is 11.8. The topological polar surface area (TPSA) is 61.7 Å². The number of benzene rings is 1. The van der Waals surface area contributed by atoms with Crippen LogP contribution in [0.25, 0.3) is 0 Å². The van der Waals surface area contributed by atoms with Crippen LogP contribution < -0.4 is 10.1 Å². The lowest BCUT2D eigenvalue weighted by atomic mass is 10.1. The second kappa shape index (κ2) is 8.91. The maximum atomic E-state index is 9.81. The van der Waals surface area contributed by atoms with Gasteiger partial charge in [-0.1, -0.05) is 32.0 Å². The Hall–Kier alpha value is -1.10. The molecule has 4 heteroatoms. The van der Waals surface area contributed by atoms with Gasteiger partial charge in [0, 0.05) is 13.2 Å². The van der Waals surface area contributed by atoms with E-state index in [1.165, 1.54) is 0 Å². The van der Waals surface area contributed by atoms with Crippen molar-refractivity contribution in [3.05, 3.63) is 29.8 Å². The lowest BCUT2D eigenvalue weighted by molar-refractivity contribution is 0.105. The van der Waals surface area contributed by atoms with E-state index in [1.807, 2.05) is 24.3 Å². The summed E-state index contributed by atoms with van der Waals surface area (Å²) >= 11 is 0. The molecule has 0 aliphatic rings. The summed E-state index contributed by atoms with van der Waals surface area (Å²) in [6.07, 6.45) is 0.0404. The Kier molecular flexibility index (Phi) is 7.48. The number of aliphatic hydroxyl groups excluding tert-OH is 2. The van der Waals surface area contributed by atoms with Crippen LogP contribution in [0.5, 0.6) is 5.75 Å². The Balaban J connectivity index is 2.35. The van der Waals surface area contributed by atoms with E-state index in [-0.39, 0.29) is 13.2 Å². The first kappa shape index (κ1) is 16.0. The molecule has 3 N–H and O–H groups in total. The summed E-state index contributed by atoms with van der Waals surface area (Å²) in [5.74, 6) is 1.30. The number of aliphatic hydroxyl groups is 2. The van der Waals surface area contributed by atoms with Crippen molar-refractivity contribution in [2.75, 3.05) is 26.3 Å². The number of ether oxygens (including phenoxy) is 1. The zero-order chi connectivity index (χ0) is 14.1. The molecule has 0 heterocycles. The van der Waals surface area contributed by atoms with Crippen molar-refractivity contribution < 1.29 is 14.9 Å². The fourth-order valence-electron chi connectivity index (χ4n) is 1.76. The maximum Gasteiger partial charge on any atom is 0.122 e. The molecule has 0 saturated carbocycles. The minimum atomic E-state index is -0.527.